The Morgan fingerprint density at radius 3 is 1.88 bits per heavy atom. The molecule has 0 saturated carbocycles. The number of aromatic hydroxyl groups is 2. The first-order chi connectivity index (χ1) is 15.3. The Hall–Kier alpha value is -4.17. The van der Waals surface area contributed by atoms with E-state index in [4.69, 9.17) is 9.47 Å². The van der Waals surface area contributed by atoms with E-state index in [1.54, 1.807) is 0 Å². The predicted molar refractivity (Wildman–Crippen MR) is 112 cm³/mol. The lowest BCUT2D eigenvalue weighted by molar-refractivity contribution is -0.136. The number of epoxide rings is 1. The Morgan fingerprint density at radius 2 is 1.38 bits per heavy atom. The number of carbonyl (C=O) groups excluding carboxylic acids is 3. The third-order valence-corrected chi connectivity index (χ3v) is 5.03. The van der Waals surface area contributed by atoms with Crippen molar-refractivity contribution in [2.45, 2.75) is 19.1 Å². The monoisotopic (exact) mass is 434 g/mol. The van der Waals surface area contributed by atoms with Gasteiger partial charge in [0.2, 0.25) is 11.6 Å². The average molecular weight is 434 g/mol. The number of ketones is 2. The molecular formula is C24H18O8. The number of hydrogen-bond acceptors (Lipinski definition) is 8. The van der Waals surface area contributed by atoms with Crippen molar-refractivity contribution >= 4 is 28.7 Å². The number of aliphatic hydroxyl groups is 1. The zero-order chi connectivity index (χ0) is 23.0. The van der Waals surface area contributed by atoms with Crippen molar-refractivity contribution in [1.29, 1.82) is 0 Å². The van der Waals surface area contributed by atoms with E-state index >= 15 is 0 Å². The molecule has 2 aromatic rings. The van der Waals surface area contributed by atoms with E-state index in [9.17, 15) is 29.7 Å². The molecule has 1 saturated heterocycles. The normalized spacial score (nSPS) is 20.8. The molecule has 0 bridgehead atoms. The lowest BCUT2D eigenvalue weighted by Gasteiger charge is -2.21. The molecule has 1 aliphatic carbocycles. The second-order valence-corrected chi connectivity index (χ2v) is 7.27. The summed E-state index contributed by atoms with van der Waals surface area (Å²) in [7, 11) is 0. The highest BCUT2D eigenvalue weighted by atomic mass is 16.6. The summed E-state index contributed by atoms with van der Waals surface area (Å²) in [5.41, 5.74) is -0.340. The quantitative estimate of drug-likeness (QED) is 0.283. The Morgan fingerprint density at radius 1 is 0.875 bits per heavy atom. The second-order valence-electron chi connectivity index (χ2n) is 7.27. The van der Waals surface area contributed by atoms with Crippen molar-refractivity contribution in [1.82, 2.24) is 0 Å². The molecule has 0 aromatic heterocycles. The van der Waals surface area contributed by atoms with E-state index < -0.39 is 29.1 Å². The molecule has 0 amide bonds. The van der Waals surface area contributed by atoms with Gasteiger partial charge in [-0.2, -0.15) is 0 Å². The summed E-state index contributed by atoms with van der Waals surface area (Å²) in [5.74, 6) is -4.23. The first-order valence-electron chi connectivity index (χ1n) is 9.67. The van der Waals surface area contributed by atoms with Gasteiger partial charge >= 0.3 is 5.97 Å². The molecule has 0 radical (unpaired) electrons. The molecule has 1 heterocycles. The van der Waals surface area contributed by atoms with Gasteiger partial charge in [0.25, 0.3) is 0 Å². The number of aliphatic hydroxyl groups excluding tert-OH is 1. The Kier molecular flexibility index (Phi) is 5.38. The molecule has 2 unspecified atom stereocenters. The van der Waals surface area contributed by atoms with Gasteiger partial charge in [-0.1, -0.05) is 24.3 Å². The van der Waals surface area contributed by atoms with E-state index in [0.29, 0.717) is 0 Å². The summed E-state index contributed by atoms with van der Waals surface area (Å²) < 4.78 is 10.5. The smallest absolute Gasteiger partial charge is 0.336 e. The SMILES string of the molecule is CC1OC1C=CC(=O)OC1=C(c2ccc(O)cc2)C(=O)C(O)=C(c2ccc(O)cc2)C1=O. The first kappa shape index (κ1) is 21.1. The minimum absolute atomic E-state index is 0.0234. The van der Waals surface area contributed by atoms with Crippen LogP contribution in [0.1, 0.15) is 18.1 Å². The van der Waals surface area contributed by atoms with Gasteiger partial charge in [-0.25, -0.2) is 4.79 Å². The van der Waals surface area contributed by atoms with Crippen molar-refractivity contribution in [3.8, 4) is 11.5 Å². The van der Waals surface area contributed by atoms with Crippen LogP contribution in [-0.2, 0) is 23.9 Å². The standard InChI is InChI=1S/C24H18O8/c1-12-17(31-12)10-11-18(27)32-24-20(14-4-8-16(26)9-5-14)22(29)21(28)19(23(24)30)13-2-6-15(25)7-3-13/h2-12,17,25-26,28H,1H3. The summed E-state index contributed by atoms with van der Waals surface area (Å²) >= 11 is 0. The highest BCUT2D eigenvalue weighted by Crippen LogP contribution is 2.36. The maximum absolute atomic E-state index is 13.3. The number of phenols is 2. The van der Waals surface area contributed by atoms with Crippen molar-refractivity contribution < 1.29 is 39.2 Å². The molecule has 3 N–H and O–H groups in total. The van der Waals surface area contributed by atoms with Crippen molar-refractivity contribution in [3.63, 3.8) is 0 Å². The number of benzene rings is 2. The summed E-state index contributed by atoms with van der Waals surface area (Å²) in [5, 5.41) is 29.6. The van der Waals surface area contributed by atoms with Crippen LogP contribution in [0.4, 0.5) is 0 Å². The third-order valence-electron chi connectivity index (χ3n) is 5.03. The molecule has 0 spiro atoms. The highest BCUT2D eigenvalue weighted by molar-refractivity contribution is 6.47. The molecular weight excluding hydrogens is 416 g/mol. The third kappa shape index (κ3) is 4.03. The largest absolute Gasteiger partial charge is 0.508 e. The van der Waals surface area contributed by atoms with Crippen LogP contribution in [0, 0.1) is 0 Å². The van der Waals surface area contributed by atoms with Crippen molar-refractivity contribution in [2.75, 3.05) is 0 Å². The molecule has 2 aliphatic rings. The number of carbonyl (C=O) groups is 3. The first-order valence-corrected chi connectivity index (χ1v) is 9.67. The minimum atomic E-state index is -0.927. The molecule has 8 nitrogen and oxygen atoms in total. The molecule has 2 aromatic carbocycles. The van der Waals surface area contributed by atoms with Gasteiger partial charge in [0.15, 0.2) is 11.5 Å². The van der Waals surface area contributed by atoms with Crippen molar-refractivity contribution in [3.05, 3.63) is 83.3 Å². The zero-order valence-corrected chi connectivity index (χ0v) is 16.8. The van der Waals surface area contributed by atoms with Crippen LogP contribution in [0.25, 0.3) is 11.1 Å². The number of allylic oxidation sites excluding steroid dienone is 2. The number of ether oxygens (including phenoxy) is 2. The molecule has 2 atom stereocenters. The second kappa shape index (κ2) is 8.16. The Labute approximate surface area is 182 Å². The summed E-state index contributed by atoms with van der Waals surface area (Å²) in [6.07, 6.45) is 2.33. The number of rotatable bonds is 5. The molecule has 4 rings (SSSR count). The van der Waals surface area contributed by atoms with Gasteiger partial charge in [-0.15, -0.1) is 0 Å². The van der Waals surface area contributed by atoms with Crippen LogP contribution < -0.4 is 0 Å². The van der Waals surface area contributed by atoms with Crippen molar-refractivity contribution in [2.24, 2.45) is 0 Å². The van der Waals surface area contributed by atoms with Gasteiger partial charge in [-0.3, -0.25) is 9.59 Å². The lowest BCUT2D eigenvalue weighted by atomic mass is 9.86. The van der Waals surface area contributed by atoms with Gasteiger partial charge in [-0.05, 0) is 48.4 Å². The fourth-order valence-electron chi connectivity index (χ4n) is 3.27. The van der Waals surface area contributed by atoms with Gasteiger partial charge in [0.05, 0.1) is 17.3 Å². The minimum Gasteiger partial charge on any atom is -0.508 e. The topological polar surface area (TPSA) is 134 Å². The fraction of sp³-hybridized carbons (Fsp3) is 0.125. The van der Waals surface area contributed by atoms with E-state index in [0.717, 1.165) is 6.08 Å². The van der Waals surface area contributed by atoms with Crippen LogP contribution in [0.5, 0.6) is 11.5 Å². The van der Waals surface area contributed by atoms with E-state index in [2.05, 4.69) is 0 Å². The maximum atomic E-state index is 13.3. The predicted octanol–water partition coefficient (Wildman–Crippen LogP) is 2.82. The number of Topliss-reactive ketones (excluding diaryl/α,β-unsaturated/α-hetero) is 2. The molecule has 162 valence electrons. The zero-order valence-electron chi connectivity index (χ0n) is 16.8. The summed E-state index contributed by atoms with van der Waals surface area (Å²) in [4.78, 5) is 38.7. The Bertz CT molecular complexity index is 1200. The molecule has 32 heavy (non-hydrogen) atoms. The summed E-state index contributed by atoms with van der Waals surface area (Å²) in [6.45, 7) is 1.83. The summed E-state index contributed by atoms with van der Waals surface area (Å²) in [6, 6.07) is 10.6. The Balaban J connectivity index is 1.78. The molecule has 8 heteroatoms. The van der Waals surface area contributed by atoms with E-state index in [1.807, 2.05) is 6.92 Å². The molecule has 1 fully saturated rings. The van der Waals surface area contributed by atoms with Crippen LogP contribution in [-0.4, -0.2) is 45.1 Å². The lowest BCUT2D eigenvalue weighted by Crippen LogP contribution is -2.25. The van der Waals surface area contributed by atoms with Crippen LogP contribution in [0.15, 0.2) is 72.2 Å². The fourth-order valence-corrected chi connectivity index (χ4v) is 3.27. The molecule has 1 aliphatic heterocycles. The number of phenolic OH excluding ortho intramolecular Hbond substituents is 2. The van der Waals surface area contributed by atoms with Crippen LogP contribution in [0.3, 0.4) is 0 Å². The van der Waals surface area contributed by atoms with E-state index in [-0.39, 0.29) is 46.0 Å². The highest BCUT2D eigenvalue weighted by Gasteiger charge is 2.38. The number of esters is 1. The van der Waals surface area contributed by atoms with E-state index in [1.165, 1.54) is 54.6 Å². The van der Waals surface area contributed by atoms with Gasteiger partial charge in [0.1, 0.15) is 17.6 Å². The van der Waals surface area contributed by atoms with Gasteiger partial charge in [0, 0.05) is 6.08 Å². The van der Waals surface area contributed by atoms with Gasteiger partial charge < -0.3 is 24.8 Å². The van der Waals surface area contributed by atoms with Crippen LogP contribution in [0.2, 0.25) is 0 Å². The maximum Gasteiger partial charge on any atom is 0.336 e. The average Bonchev–Trinajstić information content (AvgIpc) is 3.48. The van der Waals surface area contributed by atoms with Crippen LogP contribution >= 0.6 is 0 Å². The number of hydrogen-bond donors (Lipinski definition) is 3.